The summed E-state index contributed by atoms with van der Waals surface area (Å²) in [6.45, 7) is 6.88. The standard InChI is InChI=1S/C13H20N4O4/c1-4-14-12-7-10(11(8-16-12)17(19)20)13(18)15-5-6-21-9(2)3/h7-9H,4-6H2,1-3H3,(H,14,16)(H,15,18). The van der Waals surface area contributed by atoms with Crippen molar-refractivity contribution in [1.29, 1.82) is 0 Å². The molecule has 1 amide bonds. The number of pyridine rings is 1. The van der Waals surface area contributed by atoms with Crippen LogP contribution in [-0.4, -0.2) is 41.6 Å². The van der Waals surface area contributed by atoms with Crippen LogP contribution in [0.3, 0.4) is 0 Å². The van der Waals surface area contributed by atoms with E-state index in [0.717, 1.165) is 6.20 Å². The second-order valence-electron chi connectivity index (χ2n) is 4.55. The Balaban J connectivity index is 2.79. The average Bonchev–Trinajstić information content (AvgIpc) is 2.43. The Morgan fingerprint density at radius 1 is 1.52 bits per heavy atom. The van der Waals surface area contributed by atoms with Crippen LogP contribution in [0.15, 0.2) is 12.3 Å². The number of hydrogen-bond donors (Lipinski definition) is 2. The van der Waals surface area contributed by atoms with Crippen LogP contribution in [0.4, 0.5) is 11.5 Å². The van der Waals surface area contributed by atoms with Gasteiger partial charge in [0.1, 0.15) is 17.6 Å². The van der Waals surface area contributed by atoms with Gasteiger partial charge in [0.15, 0.2) is 0 Å². The molecule has 8 heteroatoms. The van der Waals surface area contributed by atoms with Gasteiger partial charge >= 0.3 is 0 Å². The first kappa shape index (κ1) is 16.8. The van der Waals surface area contributed by atoms with Crippen LogP contribution in [0.5, 0.6) is 0 Å². The largest absolute Gasteiger partial charge is 0.377 e. The predicted octanol–water partition coefficient (Wildman–Crippen LogP) is 1.58. The highest BCUT2D eigenvalue weighted by molar-refractivity contribution is 5.98. The van der Waals surface area contributed by atoms with Crippen LogP contribution < -0.4 is 10.6 Å². The summed E-state index contributed by atoms with van der Waals surface area (Å²) in [5.41, 5.74) is -0.338. The number of carbonyl (C=O) groups is 1. The molecule has 0 saturated carbocycles. The molecule has 0 aliphatic rings. The minimum Gasteiger partial charge on any atom is -0.377 e. The number of aromatic nitrogens is 1. The average molecular weight is 296 g/mol. The van der Waals surface area contributed by atoms with Gasteiger partial charge in [0, 0.05) is 19.2 Å². The number of anilines is 1. The van der Waals surface area contributed by atoms with Gasteiger partial charge in [-0.15, -0.1) is 0 Å². The maximum atomic E-state index is 12.0. The van der Waals surface area contributed by atoms with Gasteiger partial charge in [0.25, 0.3) is 11.6 Å². The smallest absolute Gasteiger partial charge is 0.300 e. The summed E-state index contributed by atoms with van der Waals surface area (Å²) in [6.07, 6.45) is 1.15. The number of carbonyl (C=O) groups excluding carboxylic acids is 1. The third kappa shape index (κ3) is 5.35. The first-order chi connectivity index (χ1) is 9.95. The number of hydrogen-bond acceptors (Lipinski definition) is 6. The number of amides is 1. The van der Waals surface area contributed by atoms with Gasteiger partial charge in [0.05, 0.1) is 17.6 Å². The fraction of sp³-hybridized carbons (Fsp3) is 0.538. The first-order valence-corrected chi connectivity index (χ1v) is 6.73. The van der Waals surface area contributed by atoms with E-state index in [0.29, 0.717) is 19.0 Å². The van der Waals surface area contributed by atoms with E-state index in [2.05, 4.69) is 15.6 Å². The molecule has 8 nitrogen and oxygen atoms in total. The van der Waals surface area contributed by atoms with Gasteiger partial charge in [0.2, 0.25) is 0 Å². The zero-order valence-electron chi connectivity index (χ0n) is 12.4. The van der Waals surface area contributed by atoms with Crippen LogP contribution >= 0.6 is 0 Å². The maximum Gasteiger partial charge on any atom is 0.300 e. The van der Waals surface area contributed by atoms with Crippen molar-refractivity contribution in [2.24, 2.45) is 0 Å². The fourth-order valence-electron chi connectivity index (χ4n) is 1.61. The molecule has 0 aliphatic heterocycles. The second-order valence-corrected chi connectivity index (χ2v) is 4.55. The topological polar surface area (TPSA) is 106 Å². The van der Waals surface area contributed by atoms with Gasteiger partial charge in [-0.3, -0.25) is 14.9 Å². The van der Waals surface area contributed by atoms with Crippen LogP contribution in [0.2, 0.25) is 0 Å². The third-order valence-electron chi connectivity index (χ3n) is 2.52. The number of ether oxygens (including phenoxy) is 1. The van der Waals surface area contributed by atoms with Gasteiger partial charge in [-0.1, -0.05) is 0 Å². The van der Waals surface area contributed by atoms with Crippen molar-refractivity contribution >= 4 is 17.4 Å². The van der Waals surface area contributed by atoms with Gasteiger partial charge in [-0.25, -0.2) is 4.98 Å². The molecule has 2 N–H and O–H groups in total. The van der Waals surface area contributed by atoms with Crippen LogP contribution in [0.1, 0.15) is 31.1 Å². The normalized spacial score (nSPS) is 10.5. The van der Waals surface area contributed by atoms with Gasteiger partial charge in [-0.2, -0.15) is 0 Å². The summed E-state index contributed by atoms with van der Waals surface area (Å²) < 4.78 is 5.29. The number of nitrogens with one attached hydrogen (secondary N) is 2. The molecule has 1 heterocycles. The van der Waals surface area contributed by atoms with E-state index in [4.69, 9.17) is 4.74 Å². The summed E-state index contributed by atoms with van der Waals surface area (Å²) in [7, 11) is 0. The van der Waals surface area contributed by atoms with Crippen LogP contribution in [0.25, 0.3) is 0 Å². The molecule has 0 bridgehead atoms. The zero-order valence-corrected chi connectivity index (χ0v) is 12.4. The molecule has 116 valence electrons. The Hall–Kier alpha value is -2.22. The monoisotopic (exact) mass is 296 g/mol. The van der Waals surface area contributed by atoms with Crippen molar-refractivity contribution in [2.75, 3.05) is 25.0 Å². The molecule has 0 fully saturated rings. The molecule has 1 aromatic heterocycles. The SMILES string of the molecule is CCNc1cc(C(=O)NCCOC(C)C)c([N+](=O)[O-])cn1. The zero-order chi connectivity index (χ0) is 15.8. The van der Waals surface area contributed by atoms with E-state index >= 15 is 0 Å². The molecule has 1 aromatic rings. The number of rotatable bonds is 8. The lowest BCUT2D eigenvalue weighted by Gasteiger charge is -2.09. The van der Waals surface area contributed by atoms with Crippen molar-refractivity contribution in [2.45, 2.75) is 26.9 Å². The number of nitrogens with zero attached hydrogens (tertiary/aromatic N) is 2. The Kier molecular flexibility index (Phi) is 6.54. The Bertz CT molecular complexity index is 505. The Morgan fingerprint density at radius 3 is 2.81 bits per heavy atom. The lowest BCUT2D eigenvalue weighted by molar-refractivity contribution is -0.385. The van der Waals surface area contributed by atoms with E-state index in [1.54, 1.807) is 0 Å². The minimum absolute atomic E-state index is 0.0181. The van der Waals surface area contributed by atoms with Crippen molar-refractivity contribution in [3.63, 3.8) is 0 Å². The molecule has 0 unspecified atom stereocenters. The summed E-state index contributed by atoms with van der Waals surface area (Å²) in [5, 5.41) is 16.5. The molecule has 0 aliphatic carbocycles. The minimum atomic E-state index is -0.623. The van der Waals surface area contributed by atoms with Crippen molar-refractivity contribution in [3.05, 3.63) is 27.9 Å². The van der Waals surface area contributed by atoms with Crippen LogP contribution in [0, 0.1) is 10.1 Å². The Morgan fingerprint density at radius 2 is 2.24 bits per heavy atom. The molecule has 0 saturated heterocycles. The van der Waals surface area contributed by atoms with E-state index in [-0.39, 0.29) is 23.9 Å². The second kappa shape index (κ2) is 8.15. The lowest BCUT2D eigenvalue weighted by atomic mass is 10.2. The quantitative estimate of drug-likeness (QED) is 0.428. The summed E-state index contributed by atoms with van der Waals surface area (Å²) in [6, 6.07) is 1.38. The summed E-state index contributed by atoms with van der Waals surface area (Å²) in [5.74, 6) is -0.0951. The number of nitro groups is 1. The van der Waals surface area contributed by atoms with E-state index in [1.165, 1.54) is 6.07 Å². The molecule has 0 radical (unpaired) electrons. The van der Waals surface area contributed by atoms with E-state index in [1.807, 2.05) is 20.8 Å². The lowest BCUT2D eigenvalue weighted by Crippen LogP contribution is -2.28. The fourth-order valence-corrected chi connectivity index (χ4v) is 1.61. The maximum absolute atomic E-state index is 12.0. The molecule has 0 spiro atoms. The highest BCUT2D eigenvalue weighted by Crippen LogP contribution is 2.20. The molecule has 0 atom stereocenters. The third-order valence-corrected chi connectivity index (χ3v) is 2.52. The van der Waals surface area contributed by atoms with Crippen LogP contribution in [-0.2, 0) is 4.74 Å². The predicted molar refractivity (Wildman–Crippen MR) is 78.5 cm³/mol. The van der Waals surface area contributed by atoms with Crippen molar-refractivity contribution in [3.8, 4) is 0 Å². The highest BCUT2D eigenvalue weighted by Gasteiger charge is 2.21. The first-order valence-electron chi connectivity index (χ1n) is 6.73. The van der Waals surface area contributed by atoms with Gasteiger partial charge < -0.3 is 15.4 Å². The van der Waals surface area contributed by atoms with E-state index < -0.39 is 10.8 Å². The van der Waals surface area contributed by atoms with E-state index in [9.17, 15) is 14.9 Å². The molecular formula is C13H20N4O4. The molecule has 0 aromatic carbocycles. The molecular weight excluding hydrogens is 276 g/mol. The highest BCUT2D eigenvalue weighted by atomic mass is 16.6. The summed E-state index contributed by atoms with van der Waals surface area (Å²) >= 11 is 0. The molecule has 21 heavy (non-hydrogen) atoms. The molecule has 1 rings (SSSR count). The van der Waals surface area contributed by atoms with Gasteiger partial charge in [-0.05, 0) is 20.8 Å². The van der Waals surface area contributed by atoms with Crippen molar-refractivity contribution < 1.29 is 14.5 Å². The Labute approximate surface area is 123 Å². The summed E-state index contributed by atoms with van der Waals surface area (Å²) in [4.78, 5) is 26.3. The van der Waals surface area contributed by atoms with Crippen molar-refractivity contribution in [1.82, 2.24) is 10.3 Å².